The van der Waals surface area contributed by atoms with Crippen molar-refractivity contribution in [2.24, 2.45) is 5.73 Å². The first-order valence-electron chi connectivity index (χ1n) is 5.35. The van der Waals surface area contributed by atoms with E-state index in [1.165, 1.54) is 0 Å². The summed E-state index contributed by atoms with van der Waals surface area (Å²) in [6, 6.07) is 7.84. The van der Waals surface area contributed by atoms with Gasteiger partial charge in [0.2, 0.25) is 0 Å². The van der Waals surface area contributed by atoms with E-state index in [0.29, 0.717) is 18.3 Å². The van der Waals surface area contributed by atoms with Gasteiger partial charge in [0.15, 0.2) is 0 Å². The van der Waals surface area contributed by atoms with E-state index in [4.69, 9.17) is 5.73 Å². The molecule has 0 aliphatic rings. The first-order chi connectivity index (χ1) is 7.13. The monoisotopic (exact) mass is 208 g/mol. The van der Waals surface area contributed by atoms with Gasteiger partial charge >= 0.3 is 0 Å². The van der Waals surface area contributed by atoms with Crippen LogP contribution in [0.25, 0.3) is 0 Å². The number of rotatable bonds is 5. The third kappa shape index (κ3) is 3.90. The molecule has 3 nitrogen and oxygen atoms in total. The van der Waals surface area contributed by atoms with Gasteiger partial charge in [-0.05, 0) is 31.5 Å². The Labute approximate surface area is 91.5 Å². The Hall–Kier alpha value is -1.06. The molecule has 0 spiro atoms. The highest BCUT2D eigenvalue weighted by Crippen LogP contribution is 2.13. The summed E-state index contributed by atoms with van der Waals surface area (Å²) in [6.45, 7) is 6.69. The molecule has 0 saturated heterocycles. The lowest BCUT2D eigenvalue weighted by Crippen LogP contribution is -2.34. The van der Waals surface area contributed by atoms with Crippen LogP contribution in [0.1, 0.15) is 19.4 Å². The van der Waals surface area contributed by atoms with Crippen LogP contribution in [0.3, 0.4) is 0 Å². The van der Waals surface area contributed by atoms with E-state index in [-0.39, 0.29) is 0 Å². The molecular formula is C12H20N2O. The highest BCUT2D eigenvalue weighted by atomic mass is 16.3. The van der Waals surface area contributed by atoms with E-state index in [0.717, 1.165) is 18.7 Å². The quantitative estimate of drug-likeness (QED) is 0.772. The number of hydrogen-bond acceptors (Lipinski definition) is 3. The molecule has 0 heterocycles. The number of benzene rings is 1. The van der Waals surface area contributed by atoms with Gasteiger partial charge in [0.05, 0.1) is 0 Å². The average Bonchev–Trinajstić information content (AvgIpc) is 2.17. The van der Waals surface area contributed by atoms with Gasteiger partial charge in [-0.25, -0.2) is 0 Å². The fraction of sp³-hybridized carbons (Fsp3) is 0.500. The van der Waals surface area contributed by atoms with Crippen LogP contribution < -0.4 is 5.73 Å². The molecular weight excluding hydrogens is 188 g/mol. The third-order valence-electron chi connectivity index (χ3n) is 2.44. The zero-order chi connectivity index (χ0) is 11.3. The molecule has 3 heteroatoms. The maximum absolute atomic E-state index is 9.35. The molecule has 0 aliphatic heterocycles. The molecule has 0 fully saturated rings. The van der Waals surface area contributed by atoms with Gasteiger partial charge in [-0.15, -0.1) is 0 Å². The van der Waals surface area contributed by atoms with Crippen molar-refractivity contribution in [1.82, 2.24) is 4.90 Å². The predicted octanol–water partition coefficient (Wildman–Crippen LogP) is 1.56. The lowest BCUT2D eigenvalue weighted by Gasteiger charge is -2.25. The second kappa shape index (κ2) is 5.73. The number of hydrogen-bond donors (Lipinski definition) is 2. The van der Waals surface area contributed by atoms with Crippen molar-refractivity contribution in [2.75, 3.05) is 13.1 Å². The smallest absolute Gasteiger partial charge is 0.115 e. The van der Waals surface area contributed by atoms with Crippen molar-refractivity contribution in [1.29, 1.82) is 0 Å². The van der Waals surface area contributed by atoms with Crippen molar-refractivity contribution < 1.29 is 5.11 Å². The Balaban J connectivity index is 2.65. The summed E-state index contributed by atoms with van der Waals surface area (Å²) in [5, 5.41) is 9.35. The van der Waals surface area contributed by atoms with Gasteiger partial charge in [-0.1, -0.05) is 12.1 Å². The molecule has 0 atom stereocenters. The van der Waals surface area contributed by atoms with Gasteiger partial charge in [0.25, 0.3) is 0 Å². The summed E-state index contributed by atoms with van der Waals surface area (Å²) in [5.41, 5.74) is 6.68. The molecule has 1 rings (SSSR count). The molecule has 0 saturated carbocycles. The number of aromatic hydroxyl groups is 1. The van der Waals surface area contributed by atoms with Crippen LogP contribution in [0, 0.1) is 0 Å². The van der Waals surface area contributed by atoms with Crippen LogP contribution >= 0.6 is 0 Å². The van der Waals surface area contributed by atoms with Crippen LogP contribution in [0.15, 0.2) is 24.3 Å². The summed E-state index contributed by atoms with van der Waals surface area (Å²) in [7, 11) is 0. The molecule has 0 aromatic heterocycles. The summed E-state index contributed by atoms with van der Waals surface area (Å²) in [5.74, 6) is 0.323. The van der Waals surface area contributed by atoms with E-state index in [2.05, 4.69) is 18.7 Å². The fourth-order valence-corrected chi connectivity index (χ4v) is 1.57. The lowest BCUT2D eigenvalue weighted by atomic mass is 10.2. The van der Waals surface area contributed by atoms with Crippen molar-refractivity contribution in [3.05, 3.63) is 29.8 Å². The minimum Gasteiger partial charge on any atom is -0.508 e. The topological polar surface area (TPSA) is 49.5 Å². The Morgan fingerprint density at radius 2 is 2.13 bits per heavy atom. The molecule has 0 aliphatic carbocycles. The first kappa shape index (κ1) is 12.0. The minimum atomic E-state index is 0.323. The second-order valence-corrected chi connectivity index (χ2v) is 4.02. The standard InChI is InChI=1S/C12H20N2O/c1-10(2)14(7-6-13)9-11-4-3-5-12(15)8-11/h3-5,8,10,15H,6-7,9,13H2,1-2H3. The highest BCUT2D eigenvalue weighted by Gasteiger charge is 2.08. The molecule has 3 N–H and O–H groups in total. The third-order valence-corrected chi connectivity index (χ3v) is 2.44. The Bertz CT molecular complexity index is 299. The van der Waals surface area contributed by atoms with Crippen molar-refractivity contribution in [3.63, 3.8) is 0 Å². The molecule has 1 aromatic rings. The van der Waals surface area contributed by atoms with Gasteiger partial charge in [-0.3, -0.25) is 4.90 Å². The highest BCUT2D eigenvalue weighted by molar-refractivity contribution is 5.27. The maximum atomic E-state index is 9.35. The van der Waals surface area contributed by atoms with Crippen molar-refractivity contribution in [2.45, 2.75) is 26.4 Å². The number of nitrogens with two attached hydrogens (primary N) is 1. The predicted molar refractivity (Wildman–Crippen MR) is 62.7 cm³/mol. The van der Waals surface area contributed by atoms with E-state index in [1.54, 1.807) is 12.1 Å². The normalized spacial score (nSPS) is 11.3. The van der Waals surface area contributed by atoms with E-state index in [9.17, 15) is 5.11 Å². The van der Waals surface area contributed by atoms with Gasteiger partial charge < -0.3 is 10.8 Å². The van der Waals surface area contributed by atoms with Crippen LogP contribution in [0.2, 0.25) is 0 Å². The average molecular weight is 208 g/mol. The van der Waals surface area contributed by atoms with E-state index < -0.39 is 0 Å². The SMILES string of the molecule is CC(C)N(CCN)Cc1cccc(O)c1. The molecule has 0 unspecified atom stereocenters. The van der Waals surface area contributed by atoms with E-state index >= 15 is 0 Å². The van der Waals surface area contributed by atoms with Gasteiger partial charge in [-0.2, -0.15) is 0 Å². The summed E-state index contributed by atoms with van der Waals surface area (Å²) >= 11 is 0. The second-order valence-electron chi connectivity index (χ2n) is 4.02. The maximum Gasteiger partial charge on any atom is 0.115 e. The zero-order valence-electron chi connectivity index (χ0n) is 9.48. The minimum absolute atomic E-state index is 0.323. The van der Waals surface area contributed by atoms with E-state index in [1.807, 2.05) is 12.1 Å². The fourth-order valence-electron chi connectivity index (χ4n) is 1.57. The van der Waals surface area contributed by atoms with Crippen LogP contribution in [0.4, 0.5) is 0 Å². The molecule has 1 aromatic carbocycles. The summed E-state index contributed by atoms with van der Waals surface area (Å²) in [4.78, 5) is 2.29. The Morgan fingerprint density at radius 1 is 1.40 bits per heavy atom. The zero-order valence-corrected chi connectivity index (χ0v) is 9.48. The molecule has 15 heavy (non-hydrogen) atoms. The molecule has 0 radical (unpaired) electrons. The van der Waals surface area contributed by atoms with Crippen molar-refractivity contribution >= 4 is 0 Å². The largest absolute Gasteiger partial charge is 0.508 e. The Kier molecular flexibility index (Phi) is 4.59. The number of phenols is 1. The number of phenolic OH excluding ortho intramolecular Hbond substituents is 1. The first-order valence-corrected chi connectivity index (χ1v) is 5.35. The number of nitrogens with zero attached hydrogens (tertiary/aromatic N) is 1. The van der Waals surface area contributed by atoms with Gasteiger partial charge in [0.1, 0.15) is 5.75 Å². The van der Waals surface area contributed by atoms with Crippen molar-refractivity contribution in [3.8, 4) is 5.75 Å². The molecule has 84 valence electrons. The van der Waals surface area contributed by atoms with Crippen LogP contribution in [-0.2, 0) is 6.54 Å². The van der Waals surface area contributed by atoms with Gasteiger partial charge in [0, 0.05) is 25.7 Å². The summed E-state index contributed by atoms with van der Waals surface area (Å²) < 4.78 is 0. The summed E-state index contributed by atoms with van der Waals surface area (Å²) in [6.07, 6.45) is 0. The molecule has 0 bridgehead atoms. The Morgan fingerprint density at radius 3 is 2.67 bits per heavy atom. The molecule has 0 amide bonds. The van der Waals surface area contributed by atoms with Crippen LogP contribution in [0.5, 0.6) is 5.75 Å². The van der Waals surface area contributed by atoms with Crippen LogP contribution in [-0.4, -0.2) is 29.1 Å². The lowest BCUT2D eigenvalue weighted by molar-refractivity contribution is 0.219.